The molecule has 1 fully saturated rings. The van der Waals surface area contributed by atoms with Crippen LogP contribution in [0.4, 0.5) is 0 Å². The van der Waals surface area contributed by atoms with E-state index in [4.69, 9.17) is 11.6 Å². The van der Waals surface area contributed by atoms with E-state index < -0.39 is 0 Å². The van der Waals surface area contributed by atoms with Gasteiger partial charge in [-0.3, -0.25) is 9.69 Å². The molecule has 1 atom stereocenters. The Morgan fingerprint density at radius 2 is 1.62 bits per heavy atom. The maximum Gasteiger partial charge on any atom is 0.253 e. The third-order valence-electron chi connectivity index (χ3n) is 4.30. The Hall–Kier alpha value is -2.35. The van der Waals surface area contributed by atoms with Crippen LogP contribution < -0.4 is 0 Å². The molecule has 0 N–H and O–H groups in total. The van der Waals surface area contributed by atoms with Crippen molar-refractivity contribution < 1.29 is 4.79 Å². The third kappa shape index (κ3) is 3.59. The monoisotopic (exact) mass is 339 g/mol. The maximum absolute atomic E-state index is 12.5. The van der Waals surface area contributed by atoms with Gasteiger partial charge in [0.25, 0.3) is 5.91 Å². The number of rotatable bonds is 3. The Balaban J connectivity index is 1.64. The quantitative estimate of drug-likeness (QED) is 0.861. The highest BCUT2D eigenvalue weighted by Gasteiger charge is 2.27. The summed E-state index contributed by atoms with van der Waals surface area (Å²) >= 11 is 5.87. The summed E-state index contributed by atoms with van der Waals surface area (Å²) in [6.07, 6.45) is 0. The molecule has 1 saturated heterocycles. The standard InChI is InChI=1S/C19H18ClN3O/c20-17-8-6-16(7-9-17)19(24)23-12-10-22(11-13-23)18(14-21)15-4-2-1-3-5-15/h1-9,18H,10-13H2/t18-/m1/s1. The van der Waals surface area contributed by atoms with Gasteiger partial charge in [0.05, 0.1) is 6.07 Å². The normalized spacial score (nSPS) is 16.4. The van der Waals surface area contributed by atoms with Crippen LogP contribution in [0.15, 0.2) is 54.6 Å². The van der Waals surface area contributed by atoms with Crippen molar-refractivity contribution in [3.8, 4) is 6.07 Å². The number of piperazine rings is 1. The van der Waals surface area contributed by atoms with Crippen molar-refractivity contribution >= 4 is 17.5 Å². The topological polar surface area (TPSA) is 47.3 Å². The van der Waals surface area contributed by atoms with Crippen LogP contribution in [0.1, 0.15) is 22.0 Å². The fourth-order valence-electron chi connectivity index (χ4n) is 2.96. The third-order valence-corrected chi connectivity index (χ3v) is 4.55. The summed E-state index contributed by atoms with van der Waals surface area (Å²) in [7, 11) is 0. The van der Waals surface area contributed by atoms with E-state index in [1.165, 1.54) is 0 Å². The lowest BCUT2D eigenvalue weighted by atomic mass is 10.1. The van der Waals surface area contributed by atoms with E-state index in [2.05, 4.69) is 11.0 Å². The van der Waals surface area contributed by atoms with Crippen molar-refractivity contribution in [3.05, 3.63) is 70.7 Å². The zero-order valence-electron chi connectivity index (χ0n) is 13.2. The van der Waals surface area contributed by atoms with Crippen LogP contribution in [0.25, 0.3) is 0 Å². The Kier molecular flexibility index (Phi) is 5.14. The first-order valence-corrected chi connectivity index (χ1v) is 8.30. The van der Waals surface area contributed by atoms with Crippen LogP contribution >= 0.6 is 11.6 Å². The smallest absolute Gasteiger partial charge is 0.253 e. The molecule has 0 bridgehead atoms. The summed E-state index contributed by atoms with van der Waals surface area (Å²) in [5, 5.41) is 10.1. The fourth-order valence-corrected chi connectivity index (χ4v) is 3.09. The number of carbonyl (C=O) groups excluding carboxylic acids is 1. The van der Waals surface area contributed by atoms with Gasteiger partial charge < -0.3 is 4.90 Å². The largest absolute Gasteiger partial charge is 0.336 e. The zero-order valence-corrected chi connectivity index (χ0v) is 14.0. The van der Waals surface area contributed by atoms with E-state index in [0.29, 0.717) is 36.8 Å². The van der Waals surface area contributed by atoms with Gasteiger partial charge in [0.1, 0.15) is 6.04 Å². The molecule has 1 aliphatic rings. The first-order valence-electron chi connectivity index (χ1n) is 7.92. The summed E-state index contributed by atoms with van der Waals surface area (Å²) in [4.78, 5) is 16.5. The predicted octanol–water partition coefficient (Wildman–Crippen LogP) is 3.36. The summed E-state index contributed by atoms with van der Waals surface area (Å²) < 4.78 is 0. The second-order valence-electron chi connectivity index (χ2n) is 5.78. The number of amides is 1. The molecule has 1 amide bonds. The summed E-state index contributed by atoms with van der Waals surface area (Å²) in [6.45, 7) is 2.61. The number of halogens is 1. The van der Waals surface area contributed by atoms with E-state index in [1.54, 1.807) is 24.3 Å². The second kappa shape index (κ2) is 7.48. The molecule has 1 aliphatic heterocycles. The van der Waals surface area contributed by atoms with Gasteiger partial charge in [-0.1, -0.05) is 41.9 Å². The average molecular weight is 340 g/mol. The molecule has 0 aromatic heterocycles. The molecule has 4 nitrogen and oxygen atoms in total. The fraction of sp³-hybridized carbons (Fsp3) is 0.263. The van der Waals surface area contributed by atoms with Crippen molar-refractivity contribution in [2.75, 3.05) is 26.2 Å². The molecule has 1 heterocycles. The van der Waals surface area contributed by atoms with E-state index in [9.17, 15) is 10.1 Å². The van der Waals surface area contributed by atoms with Gasteiger partial charge in [-0.2, -0.15) is 5.26 Å². The summed E-state index contributed by atoms with van der Waals surface area (Å²) in [5.41, 5.74) is 1.64. The Bertz CT molecular complexity index is 731. The second-order valence-corrected chi connectivity index (χ2v) is 6.21. The highest BCUT2D eigenvalue weighted by atomic mass is 35.5. The molecule has 24 heavy (non-hydrogen) atoms. The predicted molar refractivity (Wildman–Crippen MR) is 93.7 cm³/mol. The molecule has 0 unspecified atom stereocenters. The van der Waals surface area contributed by atoms with Crippen LogP contribution in [-0.4, -0.2) is 41.9 Å². The molecule has 5 heteroatoms. The Morgan fingerprint density at radius 3 is 2.21 bits per heavy atom. The zero-order chi connectivity index (χ0) is 16.9. The van der Waals surface area contributed by atoms with Crippen LogP contribution in [0.2, 0.25) is 5.02 Å². The van der Waals surface area contributed by atoms with Crippen molar-refractivity contribution in [1.82, 2.24) is 9.80 Å². The first-order chi connectivity index (χ1) is 11.7. The number of carbonyl (C=O) groups is 1. The van der Waals surface area contributed by atoms with Crippen molar-refractivity contribution in [1.29, 1.82) is 5.26 Å². The van der Waals surface area contributed by atoms with Gasteiger partial charge in [-0.15, -0.1) is 0 Å². The van der Waals surface area contributed by atoms with Crippen LogP contribution in [0.5, 0.6) is 0 Å². The van der Waals surface area contributed by atoms with Crippen LogP contribution in [0.3, 0.4) is 0 Å². The van der Waals surface area contributed by atoms with Gasteiger partial charge in [0.2, 0.25) is 0 Å². The van der Waals surface area contributed by atoms with E-state index >= 15 is 0 Å². The lowest BCUT2D eigenvalue weighted by Gasteiger charge is -2.37. The van der Waals surface area contributed by atoms with Crippen LogP contribution in [-0.2, 0) is 0 Å². The van der Waals surface area contributed by atoms with Gasteiger partial charge in [0.15, 0.2) is 0 Å². The lowest BCUT2D eigenvalue weighted by molar-refractivity contribution is 0.0606. The number of benzene rings is 2. The Morgan fingerprint density at radius 1 is 1.00 bits per heavy atom. The molecule has 0 spiro atoms. The van der Waals surface area contributed by atoms with Gasteiger partial charge in [0, 0.05) is 36.8 Å². The molecule has 2 aromatic carbocycles. The number of hydrogen-bond donors (Lipinski definition) is 0. The van der Waals surface area contributed by atoms with E-state index in [-0.39, 0.29) is 11.9 Å². The highest BCUT2D eigenvalue weighted by molar-refractivity contribution is 6.30. The molecule has 0 radical (unpaired) electrons. The minimum Gasteiger partial charge on any atom is -0.336 e. The van der Waals surface area contributed by atoms with Crippen molar-refractivity contribution in [3.63, 3.8) is 0 Å². The van der Waals surface area contributed by atoms with Crippen molar-refractivity contribution in [2.45, 2.75) is 6.04 Å². The molecule has 2 aromatic rings. The summed E-state index contributed by atoms with van der Waals surface area (Å²) in [6, 6.07) is 18.8. The van der Waals surface area contributed by atoms with Crippen LogP contribution in [0, 0.1) is 11.3 Å². The van der Waals surface area contributed by atoms with E-state index in [0.717, 1.165) is 5.56 Å². The van der Waals surface area contributed by atoms with Gasteiger partial charge in [-0.05, 0) is 29.8 Å². The SMILES string of the molecule is N#C[C@H](c1ccccc1)N1CCN(C(=O)c2ccc(Cl)cc2)CC1. The van der Waals surface area contributed by atoms with Crippen molar-refractivity contribution in [2.24, 2.45) is 0 Å². The molecule has 0 aliphatic carbocycles. The van der Waals surface area contributed by atoms with Gasteiger partial charge in [-0.25, -0.2) is 0 Å². The summed E-state index contributed by atoms with van der Waals surface area (Å²) in [5.74, 6) is 0.0135. The minimum absolute atomic E-state index is 0.0135. The average Bonchev–Trinajstić information content (AvgIpc) is 2.64. The molecule has 0 saturated carbocycles. The number of nitrogens with zero attached hydrogens (tertiary/aromatic N) is 3. The Labute approximate surface area is 146 Å². The number of hydrogen-bond acceptors (Lipinski definition) is 3. The first kappa shape index (κ1) is 16.5. The van der Waals surface area contributed by atoms with E-state index in [1.807, 2.05) is 35.2 Å². The highest BCUT2D eigenvalue weighted by Crippen LogP contribution is 2.22. The number of nitriles is 1. The minimum atomic E-state index is -0.265. The molecule has 122 valence electrons. The molecular weight excluding hydrogens is 322 g/mol. The molecular formula is C19H18ClN3O. The lowest BCUT2D eigenvalue weighted by Crippen LogP contribution is -2.49. The van der Waals surface area contributed by atoms with Gasteiger partial charge >= 0.3 is 0 Å². The molecule has 3 rings (SSSR count). The maximum atomic E-state index is 12.5.